The van der Waals surface area contributed by atoms with E-state index >= 15 is 0 Å². The highest BCUT2D eigenvalue weighted by Crippen LogP contribution is 2.27. The molecule has 0 fully saturated rings. The Balaban J connectivity index is 1.64. The molecule has 1 amide bonds. The normalized spacial score (nSPS) is 10.9. The summed E-state index contributed by atoms with van der Waals surface area (Å²) in [4.78, 5) is 22.5. The van der Waals surface area contributed by atoms with Crippen molar-refractivity contribution in [1.29, 1.82) is 0 Å². The molecule has 0 atom stereocenters. The number of furan rings is 1. The predicted molar refractivity (Wildman–Crippen MR) is 106 cm³/mol. The summed E-state index contributed by atoms with van der Waals surface area (Å²) in [7, 11) is 0. The van der Waals surface area contributed by atoms with E-state index in [9.17, 15) is 14.9 Å². The van der Waals surface area contributed by atoms with E-state index in [0.29, 0.717) is 22.1 Å². The molecule has 1 aromatic heterocycles. The standard InChI is InChI=1S/C20H16ClN3O4/c1-13-6-7-15(21)11-17(13)19-9-8-16(28-19)12-22-23-20(25)10-14-4-2-3-5-18(14)24(26)27/h2-9,11-12H,10H2,1H3,(H,23,25)/b22-12+. The predicted octanol–water partition coefficient (Wildman–Crippen LogP) is 4.51. The number of halogens is 1. The zero-order valence-corrected chi connectivity index (χ0v) is 15.6. The van der Waals surface area contributed by atoms with E-state index in [-0.39, 0.29) is 12.1 Å². The Kier molecular flexibility index (Phi) is 5.86. The van der Waals surface area contributed by atoms with Gasteiger partial charge in [0.1, 0.15) is 11.5 Å². The fourth-order valence-electron chi connectivity index (χ4n) is 2.65. The second-order valence-corrected chi connectivity index (χ2v) is 6.45. The molecule has 0 aliphatic rings. The molecule has 1 N–H and O–H groups in total. The zero-order valence-electron chi connectivity index (χ0n) is 14.9. The van der Waals surface area contributed by atoms with E-state index in [1.165, 1.54) is 18.3 Å². The highest BCUT2D eigenvalue weighted by molar-refractivity contribution is 6.30. The summed E-state index contributed by atoms with van der Waals surface area (Å²) in [5.41, 5.74) is 4.44. The van der Waals surface area contributed by atoms with E-state index in [0.717, 1.165) is 11.1 Å². The van der Waals surface area contributed by atoms with Gasteiger partial charge in [0.2, 0.25) is 5.91 Å². The second kappa shape index (κ2) is 8.49. The molecule has 28 heavy (non-hydrogen) atoms. The van der Waals surface area contributed by atoms with Crippen LogP contribution in [0.2, 0.25) is 5.02 Å². The Morgan fingerprint density at radius 3 is 2.82 bits per heavy atom. The largest absolute Gasteiger partial charge is 0.455 e. The Labute approximate surface area is 165 Å². The number of nitro groups is 1. The topological polar surface area (TPSA) is 97.7 Å². The maximum absolute atomic E-state index is 12.0. The number of aryl methyl sites for hydroxylation is 1. The second-order valence-electron chi connectivity index (χ2n) is 6.02. The molecule has 0 aliphatic heterocycles. The molecular formula is C20H16ClN3O4. The van der Waals surface area contributed by atoms with Gasteiger partial charge in [-0.3, -0.25) is 14.9 Å². The Hall–Kier alpha value is -3.45. The molecule has 3 rings (SSSR count). The molecule has 0 bridgehead atoms. The Morgan fingerprint density at radius 2 is 2.04 bits per heavy atom. The fourth-order valence-corrected chi connectivity index (χ4v) is 2.82. The van der Waals surface area contributed by atoms with Gasteiger partial charge in [-0.1, -0.05) is 35.9 Å². The van der Waals surface area contributed by atoms with E-state index in [1.54, 1.807) is 30.3 Å². The van der Waals surface area contributed by atoms with E-state index in [1.807, 2.05) is 19.1 Å². The molecule has 0 saturated heterocycles. The highest BCUT2D eigenvalue weighted by Gasteiger charge is 2.15. The molecule has 7 nitrogen and oxygen atoms in total. The minimum Gasteiger partial charge on any atom is -0.455 e. The first-order chi connectivity index (χ1) is 13.4. The molecule has 2 aromatic carbocycles. The van der Waals surface area contributed by atoms with Crippen LogP contribution in [0.1, 0.15) is 16.9 Å². The third kappa shape index (κ3) is 4.63. The third-order valence-electron chi connectivity index (χ3n) is 4.01. The van der Waals surface area contributed by atoms with Crippen LogP contribution in [-0.2, 0) is 11.2 Å². The summed E-state index contributed by atoms with van der Waals surface area (Å²) in [6.07, 6.45) is 1.21. The van der Waals surface area contributed by atoms with Crippen molar-refractivity contribution in [2.24, 2.45) is 5.10 Å². The smallest absolute Gasteiger partial charge is 0.273 e. The third-order valence-corrected chi connectivity index (χ3v) is 4.25. The first-order valence-corrected chi connectivity index (χ1v) is 8.72. The van der Waals surface area contributed by atoms with Gasteiger partial charge >= 0.3 is 0 Å². The molecule has 0 unspecified atom stereocenters. The number of nitrogens with zero attached hydrogens (tertiary/aromatic N) is 2. The van der Waals surface area contributed by atoms with E-state index in [2.05, 4.69) is 10.5 Å². The lowest BCUT2D eigenvalue weighted by Crippen LogP contribution is -2.20. The molecule has 3 aromatic rings. The molecule has 0 radical (unpaired) electrons. The zero-order chi connectivity index (χ0) is 20.1. The minimum atomic E-state index is -0.520. The Morgan fingerprint density at radius 1 is 1.25 bits per heavy atom. The number of carbonyl (C=O) groups is 1. The van der Waals surface area contributed by atoms with Crippen LogP contribution < -0.4 is 5.43 Å². The van der Waals surface area contributed by atoms with E-state index < -0.39 is 10.8 Å². The van der Waals surface area contributed by atoms with Crippen molar-refractivity contribution in [2.75, 3.05) is 0 Å². The van der Waals surface area contributed by atoms with Crippen molar-refractivity contribution in [1.82, 2.24) is 5.43 Å². The van der Waals surface area contributed by atoms with Gasteiger partial charge in [0.15, 0.2) is 0 Å². The van der Waals surface area contributed by atoms with Gasteiger partial charge in [0, 0.05) is 22.2 Å². The van der Waals surface area contributed by atoms with Crippen LogP contribution in [0.25, 0.3) is 11.3 Å². The van der Waals surface area contributed by atoms with Crippen molar-refractivity contribution >= 4 is 29.4 Å². The number of para-hydroxylation sites is 1. The van der Waals surface area contributed by atoms with Crippen LogP contribution in [0.3, 0.4) is 0 Å². The molecular weight excluding hydrogens is 382 g/mol. The fraction of sp³-hybridized carbons (Fsp3) is 0.100. The first-order valence-electron chi connectivity index (χ1n) is 8.34. The Bertz CT molecular complexity index is 1060. The number of hydrogen-bond acceptors (Lipinski definition) is 5. The summed E-state index contributed by atoms with van der Waals surface area (Å²) >= 11 is 6.03. The number of hydrogen-bond donors (Lipinski definition) is 1. The number of rotatable bonds is 6. The van der Waals surface area contributed by atoms with Crippen molar-refractivity contribution in [3.63, 3.8) is 0 Å². The summed E-state index contributed by atoms with van der Waals surface area (Å²) in [5, 5.41) is 15.4. The van der Waals surface area contributed by atoms with Crippen LogP contribution in [-0.4, -0.2) is 17.0 Å². The number of carbonyl (C=O) groups excluding carboxylic acids is 1. The summed E-state index contributed by atoms with van der Waals surface area (Å²) in [5.74, 6) is 0.607. The molecule has 8 heteroatoms. The SMILES string of the molecule is Cc1ccc(Cl)cc1-c1ccc(/C=N/NC(=O)Cc2ccccc2[N+](=O)[O-])o1. The lowest BCUT2D eigenvalue weighted by molar-refractivity contribution is -0.385. The summed E-state index contributed by atoms with van der Waals surface area (Å²) in [6.45, 7) is 1.95. The number of hydrazone groups is 1. The quantitative estimate of drug-likeness (QED) is 0.376. The van der Waals surface area contributed by atoms with E-state index in [4.69, 9.17) is 16.0 Å². The van der Waals surface area contributed by atoms with Crippen LogP contribution in [0, 0.1) is 17.0 Å². The average Bonchev–Trinajstić information content (AvgIpc) is 3.12. The molecule has 0 spiro atoms. The van der Waals surface area contributed by atoms with Crippen LogP contribution in [0.5, 0.6) is 0 Å². The molecule has 0 aliphatic carbocycles. The number of nitrogens with one attached hydrogen (secondary N) is 1. The van der Waals surface area contributed by atoms with Gasteiger partial charge in [-0.2, -0.15) is 5.10 Å². The van der Waals surface area contributed by atoms with Crippen molar-refractivity contribution < 1.29 is 14.1 Å². The van der Waals surface area contributed by atoms with Gasteiger partial charge in [-0.15, -0.1) is 0 Å². The summed E-state index contributed by atoms with van der Waals surface area (Å²) in [6, 6.07) is 15.1. The van der Waals surface area contributed by atoms with Crippen LogP contribution in [0.4, 0.5) is 5.69 Å². The van der Waals surface area contributed by atoms with Crippen molar-refractivity contribution in [2.45, 2.75) is 13.3 Å². The number of amides is 1. The van der Waals surface area contributed by atoms with Gasteiger partial charge in [-0.05, 0) is 36.8 Å². The lowest BCUT2D eigenvalue weighted by Gasteiger charge is -2.02. The number of benzene rings is 2. The van der Waals surface area contributed by atoms with Crippen molar-refractivity contribution in [3.05, 3.63) is 86.6 Å². The van der Waals surface area contributed by atoms with Gasteiger partial charge in [-0.25, -0.2) is 5.43 Å². The van der Waals surface area contributed by atoms with Crippen LogP contribution in [0.15, 0.2) is 64.1 Å². The molecule has 1 heterocycles. The molecule has 0 saturated carbocycles. The van der Waals surface area contributed by atoms with Gasteiger partial charge in [0.05, 0.1) is 17.6 Å². The maximum atomic E-state index is 12.0. The summed E-state index contributed by atoms with van der Waals surface area (Å²) < 4.78 is 5.71. The monoisotopic (exact) mass is 397 g/mol. The van der Waals surface area contributed by atoms with Gasteiger partial charge in [0.25, 0.3) is 5.69 Å². The first kappa shape index (κ1) is 19.3. The number of nitro benzene ring substituents is 1. The lowest BCUT2D eigenvalue weighted by atomic mass is 10.1. The van der Waals surface area contributed by atoms with Crippen LogP contribution >= 0.6 is 11.6 Å². The maximum Gasteiger partial charge on any atom is 0.273 e. The molecule has 142 valence electrons. The minimum absolute atomic E-state index is 0.103. The van der Waals surface area contributed by atoms with Gasteiger partial charge < -0.3 is 4.42 Å². The van der Waals surface area contributed by atoms with Crippen molar-refractivity contribution in [3.8, 4) is 11.3 Å². The average molecular weight is 398 g/mol. The highest BCUT2D eigenvalue weighted by atomic mass is 35.5.